The molecule has 1 fully saturated rings. The third-order valence-corrected chi connectivity index (χ3v) is 6.97. The molecule has 4 nitrogen and oxygen atoms in total. The van der Waals surface area contributed by atoms with Crippen molar-refractivity contribution in [3.05, 3.63) is 65.0 Å². The van der Waals surface area contributed by atoms with Gasteiger partial charge in [-0.05, 0) is 81.2 Å². The van der Waals surface area contributed by atoms with Gasteiger partial charge < -0.3 is 14.6 Å². The van der Waals surface area contributed by atoms with Crippen LogP contribution in [0.25, 0.3) is 11.0 Å². The van der Waals surface area contributed by atoms with Gasteiger partial charge in [0.2, 0.25) is 0 Å². The zero-order valence-electron chi connectivity index (χ0n) is 18.4. The fraction of sp³-hybridized carbons (Fsp3) is 0.500. The molecule has 4 heteroatoms. The molecule has 1 aromatic heterocycles. The zero-order valence-corrected chi connectivity index (χ0v) is 18.4. The lowest BCUT2D eigenvalue weighted by atomic mass is 9.99. The molecular weight excluding hydrogens is 370 g/mol. The average molecular weight is 404 g/mol. The van der Waals surface area contributed by atoms with E-state index in [-0.39, 0.29) is 0 Å². The topological polar surface area (TPSA) is 41.3 Å². The molecule has 3 aromatic rings. The Morgan fingerprint density at radius 3 is 2.33 bits per heavy atom. The molecule has 2 aromatic carbocycles. The summed E-state index contributed by atoms with van der Waals surface area (Å²) in [5.74, 6) is 1.55. The molecule has 5 rings (SSSR count). The van der Waals surface area contributed by atoms with Gasteiger partial charge in [0.25, 0.3) is 0 Å². The largest absolute Gasteiger partial charge is 0.383 e. The first-order chi connectivity index (χ1) is 14.4. The highest BCUT2D eigenvalue weighted by Gasteiger charge is 2.31. The van der Waals surface area contributed by atoms with Crippen LogP contribution in [0.2, 0.25) is 0 Å². The fourth-order valence-electron chi connectivity index (χ4n) is 5.51. The van der Waals surface area contributed by atoms with Crippen molar-refractivity contribution < 1.29 is 5.11 Å². The molecule has 2 heterocycles. The summed E-state index contributed by atoms with van der Waals surface area (Å²) in [6.45, 7) is 9.24. The van der Waals surface area contributed by atoms with Gasteiger partial charge in [-0.15, -0.1) is 0 Å². The van der Waals surface area contributed by atoms with Crippen molar-refractivity contribution in [2.75, 3.05) is 19.6 Å². The standard InChI is InChI=1S/C26H33N3O/c1-18-8-9-24-23(14-18)27-25(26(2,3)30)29(24)22-10-12-28(13-11-22)17-19-15-20-6-4-5-7-21(20)16-19/h4-9,14,19,22,30H,10-13,15-17H2,1-3H3. The summed E-state index contributed by atoms with van der Waals surface area (Å²) >= 11 is 0. The van der Waals surface area contributed by atoms with Crippen molar-refractivity contribution in [3.63, 3.8) is 0 Å². The third-order valence-electron chi connectivity index (χ3n) is 6.97. The summed E-state index contributed by atoms with van der Waals surface area (Å²) in [7, 11) is 0. The van der Waals surface area contributed by atoms with Crippen LogP contribution in [0.5, 0.6) is 0 Å². The van der Waals surface area contributed by atoms with Gasteiger partial charge in [-0.3, -0.25) is 0 Å². The predicted octanol–water partition coefficient (Wildman–Crippen LogP) is 4.62. The van der Waals surface area contributed by atoms with Crippen molar-refractivity contribution in [2.45, 2.75) is 58.1 Å². The Balaban J connectivity index is 1.31. The Hall–Kier alpha value is -2.17. The number of imidazole rings is 1. The van der Waals surface area contributed by atoms with Gasteiger partial charge in [-0.25, -0.2) is 4.98 Å². The maximum Gasteiger partial charge on any atom is 0.141 e. The number of hydrogen-bond acceptors (Lipinski definition) is 3. The molecule has 0 unspecified atom stereocenters. The normalized spacial score (nSPS) is 18.9. The molecule has 158 valence electrons. The number of likely N-dealkylation sites (tertiary alicyclic amines) is 1. The molecule has 0 radical (unpaired) electrons. The molecule has 1 N–H and O–H groups in total. The van der Waals surface area contributed by atoms with Gasteiger partial charge in [-0.2, -0.15) is 0 Å². The molecule has 0 atom stereocenters. The summed E-state index contributed by atoms with van der Waals surface area (Å²) < 4.78 is 2.33. The molecule has 0 saturated carbocycles. The third kappa shape index (κ3) is 3.67. The molecule has 1 aliphatic heterocycles. The van der Waals surface area contributed by atoms with Crippen LogP contribution in [-0.2, 0) is 18.4 Å². The first kappa shape index (κ1) is 19.8. The van der Waals surface area contributed by atoms with Crippen molar-refractivity contribution in [1.29, 1.82) is 0 Å². The second-order valence-corrected chi connectivity index (χ2v) is 9.93. The molecule has 0 amide bonds. The quantitative estimate of drug-likeness (QED) is 0.691. The highest BCUT2D eigenvalue weighted by molar-refractivity contribution is 5.77. The number of rotatable bonds is 4. The lowest BCUT2D eigenvalue weighted by molar-refractivity contribution is 0.0603. The van der Waals surface area contributed by atoms with Gasteiger partial charge in [0.1, 0.15) is 11.4 Å². The van der Waals surface area contributed by atoms with Crippen LogP contribution in [0.3, 0.4) is 0 Å². The Morgan fingerprint density at radius 1 is 1.03 bits per heavy atom. The number of aromatic nitrogens is 2. The first-order valence-electron chi connectivity index (χ1n) is 11.4. The highest BCUT2D eigenvalue weighted by atomic mass is 16.3. The lowest BCUT2D eigenvalue weighted by Crippen LogP contribution is -2.39. The molecular formula is C26H33N3O. The van der Waals surface area contributed by atoms with E-state index in [1.165, 1.54) is 24.9 Å². The van der Waals surface area contributed by atoms with E-state index in [2.05, 4.69) is 58.9 Å². The van der Waals surface area contributed by atoms with Crippen molar-refractivity contribution in [3.8, 4) is 0 Å². The van der Waals surface area contributed by atoms with Crippen LogP contribution in [0.4, 0.5) is 0 Å². The van der Waals surface area contributed by atoms with E-state index >= 15 is 0 Å². The summed E-state index contributed by atoms with van der Waals surface area (Å²) in [5.41, 5.74) is 5.52. The van der Waals surface area contributed by atoms with E-state index in [4.69, 9.17) is 4.98 Å². The highest BCUT2D eigenvalue weighted by Crippen LogP contribution is 2.34. The summed E-state index contributed by atoms with van der Waals surface area (Å²) in [5, 5.41) is 10.8. The van der Waals surface area contributed by atoms with Crippen molar-refractivity contribution in [1.82, 2.24) is 14.5 Å². The summed E-state index contributed by atoms with van der Waals surface area (Å²) in [6, 6.07) is 15.8. The second-order valence-electron chi connectivity index (χ2n) is 9.93. The number of hydrogen-bond donors (Lipinski definition) is 1. The lowest BCUT2D eigenvalue weighted by Gasteiger charge is -2.35. The van der Waals surface area contributed by atoms with E-state index in [9.17, 15) is 5.11 Å². The van der Waals surface area contributed by atoms with Gasteiger partial charge in [-0.1, -0.05) is 30.3 Å². The zero-order chi connectivity index (χ0) is 20.9. The number of aryl methyl sites for hydroxylation is 1. The minimum absolute atomic E-state index is 0.399. The molecule has 1 aliphatic carbocycles. The Morgan fingerprint density at radius 2 is 1.70 bits per heavy atom. The van der Waals surface area contributed by atoms with Crippen LogP contribution < -0.4 is 0 Å². The van der Waals surface area contributed by atoms with Gasteiger partial charge in [0.05, 0.1) is 11.0 Å². The van der Waals surface area contributed by atoms with Gasteiger partial charge >= 0.3 is 0 Å². The molecule has 30 heavy (non-hydrogen) atoms. The monoisotopic (exact) mass is 403 g/mol. The SMILES string of the molecule is Cc1ccc2c(c1)nc(C(C)(C)O)n2C1CCN(CC2Cc3ccccc3C2)CC1. The Bertz CT molecular complexity index is 1030. The predicted molar refractivity (Wildman–Crippen MR) is 122 cm³/mol. The minimum Gasteiger partial charge on any atom is -0.383 e. The van der Waals surface area contributed by atoms with Crippen LogP contribution in [0.15, 0.2) is 42.5 Å². The average Bonchev–Trinajstić information content (AvgIpc) is 3.29. The van der Waals surface area contributed by atoms with Crippen molar-refractivity contribution in [2.24, 2.45) is 5.92 Å². The van der Waals surface area contributed by atoms with E-state index < -0.39 is 5.60 Å². The van der Waals surface area contributed by atoms with Crippen molar-refractivity contribution >= 4 is 11.0 Å². The van der Waals surface area contributed by atoms with E-state index in [0.29, 0.717) is 6.04 Å². The maximum atomic E-state index is 10.8. The molecule has 0 bridgehead atoms. The Labute approximate surface area is 179 Å². The van der Waals surface area contributed by atoms with Crippen LogP contribution in [0.1, 0.15) is 55.2 Å². The van der Waals surface area contributed by atoms with Crippen LogP contribution in [-0.4, -0.2) is 39.2 Å². The van der Waals surface area contributed by atoms with E-state index in [0.717, 1.165) is 48.7 Å². The van der Waals surface area contributed by atoms with Gasteiger partial charge in [0.15, 0.2) is 0 Å². The fourth-order valence-corrected chi connectivity index (χ4v) is 5.51. The number of fused-ring (bicyclic) bond motifs is 2. The van der Waals surface area contributed by atoms with Gasteiger partial charge in [0, 0.05) is 25.7 Å². The minimum atomic E-state index is -0.945. The smallest absolute Gasteiger partial charge is 0.141 e. The summed E-state index contributed by atoms with van der Waals surface area (Å²) in [4.78, 5) is 7.50. The maximum absolute atomic E-state index is 10.8. The van der Waals surface area contributed by atoms with E-state index in [1.54, 1.807) is 11.1 Å². The Kier molecular flexibility index (Phi) is 4.95. The molecule has 1 saturated heterocycles. The molecule has 2 aliphatic rings. The number of benzene rings is 2. The first-order valence-corrected chi connectivity index (χ1v) is 11.4. The van der Waals surface area contributed by atoms with Crippen LogP contribution in [0, 0.1) is 12.8 Å². The molecule has 0 spiro atoms. The number of aliphatic hydroxyl groups is 1. The van der Waals surface area contributed by atoms with E-state index in [1.807, 2.05) is 13.8 Å². The second kappa shape index (κ2) is 7.51. The summed E-state index contributed by atoms with van der Waals surface area (Å²) in [6.07, 6.45) is 4.68. The number of nitrogens with zero attached hydrogens (tertiary/aromatic N) is 3. The van der Waals surface area contributed by atoms with Crippen LogP contribution >= 0.6 is 0 Å². The number of piperidine rings is 1.